The van der Waals surface area contributed by atoms with Crippen molar-refractivity contribution in [1.82, 2.24) is 0 Å². The molecule has 2 nitrogen and oxygen atoms in total. The molecule has 0 bridgehead atoms. The second-order valence-electron chi connectivity index (χ2n) is 3.44. The minimum absolute atomic E-state index is 0.586. The molecule has 0 aromatic carbocycles. The van der Waals surface area contributed by atoms with Crippen LogP contribution < -0.4 is 0 Å². The second kappa shape index (κ2) is 3.37. The molecule has 0 aromatic heterocycles. The number of rotatable bonds is 1. The fourth-order valence-electron chi connectivity index (χ4n) is 1.41. The van der Waals surface area contributed by atoms with E-state index in [-0.39, 0.29) is 0 Å². The van der Waals surface area contributed by atoms with Crippen molar-refractivity contribution in [2.24, 2.45) is 0 Å². The molecule has 1 aliphatic heterocycles. The first-order valence-corrected chi connectivity index (χ1v) is 4.09. The van der Waals surface area contributed by atoms with Crippen LogP contribution in [0.15, 0.2) is 11.6 Å². The molecule has 0 saturated carbocycles. The van der Waals surface area contributed by atoms with Crippen LogP contribution in [0.25, 0.3) is 0 Å². The van der Waals surface area contributed by atoms with Gasteiger partial charge in [0.05, 0.1) is 5.60 Å². The Morgan fingerprint density at radius 1 is 1.36 bits per heavy atom. The summed E-state index contributed by atoms with van der Waals surface area (Å²) >= 11 is 0. The van der Waals surface area contributed by atoms with Crippen LogP contribution in [0, 0.1) is 0 Å². The summed E-state index contributed by atoms with van der Waals surface area (Å²) in [6, 6.07) is 0. The monoisotopic (exact) mass is 156 g/mol. The minimum atomic E-state index is -0.586. The third kappa shape index (κ3) is 2.64. The molecule has 0 aliphatic carbocycles. The highest BCUT2D eigenvalue weighted by Crippen LogP contribution is 2.22. The van der Waals surface area contributed by atoms with E-state index >= 15 is 0 Å². The van der Waals surface area contributed by atoms with Gasteiger partial charge < -0.3 is 9.84 Å². The summed E-state index contributed by atoms with van der Waals surface area (Å²) in [5.74, 6) is 0. The summed E-state index contributed by atoms with van der Waals surface area (Å²) in [5, 5.41) is 9.89. The normalized spacial score (nSPS) is 22.8. The van der Waals surface area contributed by atoms with Gasteiger partial charge >= 0.3 is 0 Å². The molecule has 64 valence electrons. The minimum Gasteiger partial charge on any atom is -0.386 e. The summed E-state index contributed by atoms with van der Waals surface area (Å²) in [6.45, 7) is 5.38. The average molecular weight is 156 g/mol. The third-order valence-electron chi connectivity index (χ3n) is 1.92. The van der Waals surface area contributed by atoms with Gasteiger partial charge in [0.2, 0.25) is 0 Å². The molecule has 1 fully saturated rings. The molecule has 0 atom stereocenters. The van der Waals surface area contributed by atoms with Gasteiger partial charge in [-0.3, -0.25) is 0 Å². The second-order valence-corrected chi connectivity index (χ2v) is 3.44. The van der Waals surface area contributed by atoms with Crippen LogP contribution in [0.3, 0.4) is 0 Å². The van der Waals surface area contributed by atoms with Crippen molar-refractivity contribution >= 4 is 0 Å². The van der Waals surface area contributed by atoms with Crippen molar-refractivity contribution < 1.29 is 9.84 Å². The molecule has 0 unspecified atom stereocenters. The van der Waals surface area contributed by atoms with Gasteiger partial charge in [-0.15, -0.1) is 0 Å². The van der Waals surface area contributed by atoms with E-state index < -0.39 is 5.60 Å². The predicted octanol–water partition coefficient (Wildman–Crippen LogP) is 1.49. The lowest BCUT2D eigenvalue weighted by Crippen LogP contribution is -2.34. The quantitative estimate of drug-likeness (QED) is 0.583. The Kier molecular flexibility index (Phi) is 2.68. The van der Waals surface area contributed by atoms with E-state index in [0.717, 1.165) is 12.8 Å². The molecular formula is C9H16O2. The molecule has 1 saturated heterocycles. The molecule has 1 heterocycles. The van der Waals surface area contributed by atoms with Crippen LogP contribution in [0.2, 0.25) is 0 Å². The first-order valence-electron chi connectivity index (χ1n) is 4.09. The van der Waals surface area contributed by atoms with E-state index in [4.69, 9.17) is 4.74 Å². The largest absolute Gasteiger partial charge is 0.386 e. The van der Waals surface area contributed by atoms with E-state index in [0.29, 0.717) is 13.2 Å². The van der Waals surface area contributed by atoms with Crippen LogP contribution in [-0.4, -0.2) is 23.9 Å². The highest BCUT2D eigenvalue weighted by molar-refractivity contribution is 5.07. The molecule has 0 aromatic rings. The van der Waals surface area contributed by atoms with E-state index in [9.17, 15) is 5.11 Å². The Balaban J connectivity index is 2.57. The fraction of sp³-hybridized carbons (Fsp3) is 0.778. The number of aliphatic hydroxyl groups is 1. The Hall–Kier alpha value is -0.340. The summed E-state index contributed by atoms with van der Waals surface area (Å²) in [5.41, 5.74) is 0.589. The van der Waals surface area contributed by atoms with Gasteiger partial charge in [0.15, 0.2) is 0 Å². The van der Waals surface area contributed by atoms with Crippen LogP contribution in [0.1, 0.15) is 26.7 Å². The molecule has 2 heteroatoms. The van der Waals surface area contributed by atoms with Gasteiger partial charge in [-0.1, -0.05) is 11.6 Å². The summed E-state index contributed by atoms with van der Waals surface area (Å²) < 4.78 is 5.16. The summed E-state index contributed by atoms with van der Waals surface area (Å²) in [6.07, 6.45) is 3.41. The summed E-state index contributed by atoms with van der Waals surface area (Å²) in [4.78, 5) is 0. The molecule has 11 heavy (non-hydrogen) atoms. The van der Waals surface area contributed by atoms with Crippen LogP contribution in [-0.2, 0) is 4.74 Å². The van der Waals surface area contributed by atoms with Crippen LogP contribution >= 0.6 is 0 Å². The summed E-state index contributed by atoms with van der Waals surface area (Å²) in [7, 11) is 0. The van der Waals surface area contributed by atoms with E-state index in [1.165, 1.54) is 5.57 Å². The first-order chi connectivity index (χ1) is 5.12. The Labute approximate surface area is 67.9 Å². The standard InChI is InChI=1S/C9H16O2/c1-8(2)7-9(10)3-5-11-6-4-9/h7,10H,3-6H2,1-2H3. The zero-order valence-corrected chi connectivity index (χ0v) is 7.26. The van der Waals surface area contributed by atoms with Gasteiger partial charge in [0.25, 0.3) is 0 Å². The van der Waals surface area contributed by atoms with Crippen molar-refractivity contribution in [3.05, 3.63) is 11.6 Å². The van der Waals surface area contributed by atoms with E-state index in [1.54, 1.807) is 0 Å². The van der Waals surface area contributed by atoms with Crippen molar-refractivity contribution in [3.8, 4) is 0 Å². The SMILES string of the molecule is CC(C)=CC1(O)CCOCC1. The van der Waals surface area contributed by atoms with Gasteiger partial charge in [0.1, 0.15) is 0 Å². The predicted molar refractivity (Wildman–Crippen MR) is 44.4 cm³/mol. The molecule has 1 N–H and O–H groups in total. The van der Waals surface area contributed by atoms with Crippen LogP contribution in [0.4, 0.5) is 0 Å². The number of hydrogen-bond acceptors (Lipinski definition) is 2. The maximum atomic E-state index is 9.89. The van der Waals surface area contributed by atoms with Crippen molar-refractivity contribution in [3.63, 3.8) is 0 Å². The molecule has 1 aliphatic rings. The topological polar surface area (TPSA) is 29.5 Å². The van der Waals surface area contributed by atoms with Crippen molar-refractivity contribution in [2.45, 2.75) is 32.3 Å². The highest BCUT2D eigenvalue weighted by atomic mass is 16.5. The Morgan fingerprint density at radius 2 is 1.91 bits per heavy atom. The smallest absolute Gasteiger partial charge is 0.0873 e. The lowest BCUT2D eigenvalue weighted by atomic mass is 9.92. The van der Waals surface area contributed by atoms with Gasteiger partial charge in [0, 0.05) is 26.1 Å². The van der Waals surface area contributed by atoms with Gasteiger partial charge in [-0.25, -0.2) is 0 Å². The number of ether oxygens (including phenoxy) is 1. The maximum absolute atomic E-state index is 9.89. The van der Waals surface area contributed by atoms with Gasteiger partial charge in [-0.2, -0.15) is 0 Å². The highest BCUT2D eigenvalue weighted by Gasteiger charge is 2.26. The third-order valence-corrected chi connectivity index (χ3v) is 1.92. The van der Waals surface area contributed by atoms with Crippen molar-refractivity contribution in [1.29, 1.82) is 0 Å². The van der Waals surface area contributed by atoms with Crippen LogP contribution in [0.5, 0.6) is 0 Å². The Bertz CT molecular complexity index is 151. The zero-order valence-electron chi connectivity index (χ0n) is 7.26. The fourth-order valence-corrected chi connectivity index (χ4v) is 1.41. The lowest BCUT2D eigenvalue weighted by molar-refractivity contribution is -0.0325. The first kappa shape index (κ1) is 8.75. The van der Waals surface area contributed by atoms with E-state index in [1.807, 2.05) is 19.9 Å². The molecule has 0 spiro atoms. The molecular weight excluding hydrogens is 140 g/mol. The average Bonchev–Trinajstić information content (AvgIpc) is 1.85. The molecule has 1 rings (SSSR count). The van der Waals surface area contributed by atoms with Gasteiger partial charge in [-0.05, 0) is 13.8 Å². The number of allylic oxidation sites excluding steroid dienone is 1. The number of hydrogen-bond donors (Lipinski definition) is 1. The zero-order chi connectivity index (χ0) is 8.32. The van der Waals surface area contributed by atoms with Crippen molar-refractivity contribution in [2.75, 3.05) is 13.2 Å². The molecule has 0 radical (unpaired) electrons. The van der Waals surface area contributed by atoms with E-state index in [2.05, 4.69) is 0 Å². The lowest BCUT2D eigenvalue weighted by Gasteiger charge is -2.29. The molecule has 0 amide bonds. The maximum Gasteiger partial charge on any atom is 0.0873 e. The Morgan fingerprint density at radius 3 is 2.36 bits per heavy atom.